The fourth-order valence-electron chi connectivity index (χ4n) is 3.83. The van der Waals surface area contributed by atoms with Crippen molar-refractivity contribution in [3.8, 4) is 35.1 Å². The van der Waals surface area contributed by atoms with Crippen molar-refractivity contribution in [2.24, 2.45) is 10.8 Å². The molecule has 0 bridgehead atoms. The third kappa shape index (κ3) is 9.90. The van der Waals surface area contributed by atoms with Crippen LogP contribution in [0, 0.1) is 33.5 Å². The van der Waals surface area contributed by atoms with Crippen molar-refractivity contribution in [3.05, 3.63) is 70.8 Å². The van der Waals surface area contributed by atoms with Crippen LogP contribution in [0.15, 0.2) is 59.7 Å². The lowest BCUT2D eigenvalue weighted by Gasteiger charge is -2.16. The van der Waals surface area contributed by atoms with Gasteiger partial charge in [0, 0.05) is 10.8 Å². The first-order valence-electron chi connectivity index (χ1n) is 13.8. The van der Waals surface area contributed by atoms with Gasteiger partial charge in [0.25, 0.3) is 0 Å². The molecule has 0 saturated carbocycles. The molecular formula is C35H40N2O6. The highest BCUT2D eigenvalue weighted by Gasteiger charge is 2.26. The van der Waals surface area contributed by atoms with Gasteiger partial charge in [-0.3, -0.25) is 9.59 Å². The predicted octanol–water partition coefficient (Wildman–Crippen LogP) is 7.15. The molecule has 0 aliphatic carbocycles. The zero-order chi connectivity index (χ0) is 32.4. The highest BCUT2D eigenvalue weighted by molar-refractivity contribution is 6.06. The fourth-order valence-corrected chi connectivity index (χ4v) is 3.83. The molecule has 0 aromatic heterocycles. The first-order valence-corrected chi connectivity index (χ1v) is 13.8. The van der Waals surface area contributed by atoms with Crippen LogP contribution in [-0.4, -0.2) is 38.5 Å². The summed E-state index contributed by atoms with van der Waals surface area (Å²) in [5.41, 5.74) is 0.118. The second kappa shape index (κ2) is 14.9. The number of carbonyl (C=O) groups excluding carboxylic acids is 2. The molecule has 0 amide bonds. The number of hydrogen-bond acceptors (Lipinski definition) is 8. The molecule has 0 heterocycles. The SMILES string of the molecule is COc1cc(C=C(C#N)C(=O)C(C)(C)C)ccc1OCC=CC(C)Oc1ccc(C=C(C#N)C(=O)C(C)(C)C)cc1OC. The van der Waals surface area contributed by atoms with Crippen molar-refractivity contribution < 1.29 is 28.5 Å². The van der Waals surface area contributed by atoms with E-state index in [1.165, 1.54) is 14.2 Å². The first-order chi connectivity index (χ1) is 20.1. The number of ketones is 2. The summed E-state index contributed by atoms with van der Waals surface area (Å²) < 4.78 is 22.8. The molecule has 43 heavy (non-hydrogen) atoms. The Morgan fingerprint density at radius 3 is 1.63 bits per heavy atom. The van der Waals surface area contributed by atoms with Crippen LogP contribution in [0.4, 0.5) is 0 Å². The molecule has 0 aliphatic heterocycles. The zero-order valence-corrected chi connectivity index (χ0v) is 26.4. The Labute approximate surface area is 254 Å². The first kappa shape index (κ1) is 34.4. The second-order valence-electron chi connectivity index (χ2n) is 11.9. The standard InChI is InChI=1S/C35H40N2O6/c1-23(43-29-15-13-25(20-31(29)41-9)18-27(22-37)33(39)35(5,6)7)11-10-16-42-28-14-12-24(19-30(28)40-8)17-26(21-36)32(38)34(2,3)4/h10-15,17-20,23H,16H2,1-9H3. The summed E-state index contributed by atoms with van der Waals surface area (Å²) in [7, 11) is 3.04. The van der Waals surface area contributed by atoms with Gasteiger partial charge in [-0.2, -0.15) is 10.5 Å². The number of ether oxygens (including phenoxy) is 4. The third-order valence-electron chi connectivity index (χ3n) is 6.14. The number of benzene rings is 2. The molecule has 0 saturated heterocycles. The quantitative estimate of drug-likeness (QED) is 0.147. The minimum atomic E-state index is -0.665. The van der Waals surface area contributed by atoms with Crippen molar-refractivity contribution in [3.63, 3.8) is 0 Å². The van der Waals surface area contributed by atoms with E-state index in [2.05, 4.69) is 0 Å². The second-order valence-corrected chi connectivity index (χ2v) is 11.9. The number of rotatable bonds is 12. The summed E-state index contributed by atoms with van der Waals surface area (Å²) in [4.78, 5) is 25.1. The summed E-state index contributed by atoms with van der Waals surface area (Å²) in [6, 6.07) is 14.4. The Morgan fingerprint density at radius 2 is 1.21 bits per heavy atom. The molecule has 0 fully saturated rings. The molecule has 0 spiro atoms. The Morgan fingerprint density at radius 1 is 0.767 bits per heavy atom. The monoisotopic (exact) mass is 584 g/mol. The van der Waals surface area contributed by atoms with Crippen molar-refractivity contribution >= 4 is 23.7 Å². The lowest BCUT2D eigenvalue weighted by molar-refractivity contribution is -0.122. The van der Waals surface area contributed by atoms with Gasteiger partial charge >= 0.3 is 0 Å². The van der Waals surface area contributed by atoms with E-state index < -0.39 is 10.8 Å². The average Bonchev–Trinajstić information content (AvgIpc) is 2.96. The number of carbonyl (C=O) groups is 2. The smallest absolute Gasteiger partial charge is 0.178 e. The molecule has 8 nitrogen and oxygen atoms in total. The minimum absolute atomic E-state index is 0.0739. The van der Waals surface area contributed by atoms with E-state index in [0.717, 1.165) is 0 Å². The molecular weight excluding hydrogens is 544 g/mol. The molecule has 0 radical (unpaired) electrons. The highest BCUT2D eigenvalue weighted by Crippen LogP contribution is 2.32. The number of nitriles is 2. The molecule has 1 unspecified atom stereocenters. The van der Waals surface area contributed by atoms with Gasteiger partial charge in [0.2, 0.25) is 0 Å². The van der Waals surface area contributed by atoms with E-state index >= 15 is 0 Å². The largest absolute Gasteiger partial charge is 0.493 e. The summed E-state index contributed by atoms with van der Waals surface area (Å²) in [6.07, 6.45) is 6.42. The van der Waals surface area contributed by atoms with Gasteiger partial charge in [-0.1, -0.05) is 53.7 Å². The highest BCUT2D eigenvalue weighted by atomic mass is 16.5. The average molecular weight is 585 g/mol. The van der Waals surface area contributed by atoms with Crippen LogP contribution in [0.25, 0.3) is 12.2 Å². The molecule has 226 valence electrons. The van der Waals surface area contributed by atoms with Crippen molar-refractivity contribution in [2.75, 3.05) is 20.8 Å². The van der Waals surface area contributed by atoms with Crippen LogP contribution in [-0.2, 0) is 9.59 Å². The van der Waals surface area contributed by atoms with Crippen molar-refractivity contribution in [2.45, 2.75) is 54.6 Å². The lowest BCUT2D eigenvalue weighted by Crippen LogP contribution is -2.21. The predicted molar refractivity (Wildman–Crippen MR) is 167 cm³/mol. The lowest BCUT2D eigenvalue weighted by atomic mass is 9.86. The van der Waals surface area contributed by atoms with Crippen LogP contribution >= 0.6 is 0 Å². The van der Waals surface area contributed by atoms with E-state index in [-0.39, 0.29) is 35.4 Å². The summed E-state index contributed by atoms with van der Waals surface area (Å²) >= 11 is 0. The van der Waals surface area contributed by atoms with E-state index in [9.17, 15) is 20.1 Å². The number of nitrogens with zero attached hydrogens (tertiary/aromatic N) is 2. The molecule has 2 aromatic carbocycles. The van der Waals surface area contributed by atoms with Crippen molar-refractivity contribution in [1.82, 2.24) is 0 Å². The van der Waals surface area contributed by atoms with Crippen LogP contribution in [0.3, 0.4) is 0 Å². The van der Waals surface area contributed by atoms with Gasteiger partial charge in [-0.25, -0.2) is 0 Å². The van der Waals surface area contributed by atoms with Gasteiger partial charge in [0.1, 0.15) is 24.8 Å². The number of methoxy groups -OCH3 is 2. The molecule has 2 aromatic rings. The molecule has 2 rings (SSSR count). The van der Waals surface area contributed by atoms with Crippen LogP contribution in [0.5, 0.6) is 23.0 Å². The van der Waals surface area contributed by atoms with Gasteiger partial charge in [-0.15, -0.1) is 0 Å². The van der Waals surface area contributed by atoms with E-state index in [1.807, 2.05) is 31.2 Å². The van der Waals surface area contributed by atoms with Gasteiger partial charge in [-0.05, 0) is 66.6 Å². The maximum absolute atomic E-state index is 12.5. The third-order valence-corrected chi connectivity index (χ3v) is 6.14. The molecule has 0 aliphatic rings. The Bertz CT molecular complexity index is 1500. The number of hydrogen-bond donors (Lipinski definition) is 0. The normalized spacial score (nSPS) is 13.1. The Hall–Kier alpha value is -4.82. The number of allylic oxidation sites excluding steroid dienone is 2. The molecule has 1 atom stereocenters. The van der Waals surface area contributed by atoms with Gasteiger partial charge in [0.15, 0.2) is 34.6 Å². The summed E-state index contributed by atoms with van der Waals surface area (Å²) in [6.45, 7) is 12.7. The Kier molecular flexibility index (Phi) is 11.9. The minimum Gasteiger partial charge on any atom is -0.493 e. The van der Waals surface area contributed by atoms with E-state index in [0.29, 0.717) is 34.1 Å². The topological polar surface area (TPSA) is 119 Å². The van der Waals surface area contributed by atoms with E-state index in [1.54, 1.807) is 90.1 Å². The molecule has 8 heteroatoms. The Balaban J connectivity index is 2.09. The van der Waals surface area contributed by atoms with Crippen LogP contribution < -0.4 is 18.9 Å². The van der Waals surface area contributed by atoms with Gasteiger partial charge in [0.05, 0.1) is 25.4 Å². The maximum atomic E-state index is 12.5. The zero-order valence-electron chi connectivity index (χ0n) is 26.4. The number of Topliss-reactive ketones (excluding diaryl/α,β-unsaturated/α-hetero) is 2. The van der Waals surface area contributed by atoms with Gasteiger partial charge < -0.3 is 18.9 Å². The van der Waals surface area contributed by atoms with E-state index in [4.69, 9.17) is 18.9 Å². The summed E-state index contributed by atoms with van der Waals surface area (Å²) in [5, 5.41) is 18.9. The maximum Gasteiger partial charge on any atom is 0.178 e. The van der Waals surface area contributed by atoms with Crippen LogP contribution in [0.2, 0.25) is 0 Å². The van der Waals surface area contributed by atoms with Crippen LogP contribution in [0.1, 0.15) is 59.6 Å². The molecule has 0 N–H and O–H groups in total. The fraction of sp³-hybridized carbons (Fsp3) is 0.371. The van der Waals surface area contributed by atoms with Crippen molar-refractivity contribution in [1.29, 1.82) is 10.5 Å². The summed E-state index contributed by atoms with van der Waals surface area (Å²) in [5.74, 6) is 1.47.